The van der Waals surface area contributed by atoms with E-state index in [0.29, 0.717) is 5.75 Å². The molecule has 0 fully saturated rings. The van der Waals surface area contributed by atoms with Gasteiger partial charge in [0.05, 0.1) is 7.11 Å². The molecule has 0 saturated carbocycles. The normalized spacial score (nSPS) is 10.0. The summed E-state index contributed by atoms with van der Waals surface area (Å²) in [6.45, 7) is 3.73. The number of phenols is 1. The topological polar surface area (TPSA) is 29.5 Å². The summed E-state index contributed by atoms with van der Waals surface area (Å²) in [4.78, 5) is 0. The van der Waals surface area contributed by atoms with E-state index in [1.54, 1.807) is 7.11 Å². The lowest BCUT2D eigenvalue weighted by atomic mass is 10.1. The summed E-state index contributed by atoms with van der Waals surface area (Å²) in [6, 6.07) is 1.92. The average molecular weight is 231 g/mol. The van der Waals surface area contributed by atoms with E-state index in [0.717, 1.165) is 15.6 Å². The molecule has 12 heavy (non-hydrogen) atoms. The Bertz CT molecular complexity index is 308. The monoisotopic (exact) mass is 230 g/mol. The second-order valence-corrected chi connectivity index (χ2v) is 3.54. The van der Waals surface area contributed by atoms with E-state index in [4.69, 9.17) is 4.74 Å². The van der Waals surface area contributed by atoms with Crippen LogP contribution in [0.25, 0.3) is 0 Å². The lowest BCUT2D eigenvalue weighted by Crippen LogP contribution is -1.90. The molecule has 2 nitrogen and oxygen atoms in total. The van der Waals surface area contributed by atoms with Crippen molar-refractivity contribution in [3.8, 4) is 11.5 Å². The molecular weight excluding hydrogens is 220 g/mol. The van der Waals surface area contributed by atoms with Crippen molar-refractivity contribution in [1.29, 1.82) is 0 Å². The number of aromatic hydroxyl groups is 1. The maximum atomic E-state index is 9.60. The molecule has 0 heterocycles. The number of benzene rings is 1. The first kappa shape index (κ1) is 9.39. The van der Waals surface area contributed by atoms with Gasteiger partial charge in [-0.15, -0.1) is 0 Å². The van der Waals surface area contributed by atoms with E-state index in [1.807, 2.05) is 19.9 Å². The quantitative estimate of drug-likeness (QED) is 0.805. The Kier molecular flexibility index (Phi) is 2.62. The van der Waals surface area contributed by atoms with E-state index in [1.165, 1.54) is 0 Å². The first-order valence-corrected chi connectivity index (χ1v) is 4.40. The highest BCUT2D eigenvalue weighted by atomic mass is 79.9. The van der Waals surface area contributed by atoms with Crippen LogP contribution in [-0.2, 0) is 0 Å². The lowest BCUT2D eigenvalue weighted by molar-refractivity contribution is 0.369. The fourth-order valence-electron chi connectivity index (χ4n) is 1.09. The fraction of sp³-hybridized carbons (Fsp3) is 0.333. The first-order chi connectivity index (χ1) is 5.57. The SMILES string of the molecule is COc1c(C)cc(Br)c(C)c1O. The molecule has 3 heteroatoms. The molecule has 1 aromatic carbocycles. The minimum atomic E-state index is 0.212. The molecule has 0 saturated heterocycles. The minimum absolute atomic E-state index is 0.212. The van der Waals surface area contributed by atoms with E-state index in [9.17, 15) is 5.11 Å². The molecule has 66 valence electrons. The molecule has 0 aliphatic rings. The molecule has 0 unspecified atom stereocenters. The van der Waals surface area contributed by atoms with Crippen LogP contribution in [0.15, 0.2) is 10.5 Å². The number of hydrogen-bond donors (Lipinski definition) is 1. The van der Waals surface area contributed by atoms with E-state index < -0.39 is 0 Å². The second-order valence-electron chi connectivity index (χ2n) is 2.68. The van der Waals surface area contributed by atoms with Gasteiger partial charge in [-0.05, 0) is 25.5 Å². The van der Waals surface area contributed by atoms with Gasteiger partial charge in [-0.25, -0.2) is 0 Å². The molecule has 1 rings (SSSR count). The number of halogens is 1. The first-order valence-electron chi connectivity index (χ1n) is 3.60. The van der Waals surface area contributed by atoms with Crippen molar-refractivity contribution >= 4 is 15.9 Å². The molecule has 0 bridgehead atoms. The van der Waals surface area contributed by atoms with Gasteiger partial charge in [0.25, 0.3) is 0 Å². The summed E-state index contributed by atoms with van der Waals surface area (Å²) >= 11 is 3.34. The zero-order chi connectivity index (χ0) is 9.30. The van der Waals surface area contributed by atoms with Gasteiger partial charge < -0.3 is 9.84 Å². The maximum absolute atomic E-state index is 9.60. The van der Waals surface area contributed by atoms with E-state index >= 15 is 0 Å². The van der Waals surface area contributed by atoms with Crippen molar-refractivity contribution in [1.82, 2.24) is 0 Å². The Labute approximate surface area is 80.3 Å². The standard InChI is InChI=1S/C9H11BrO2/c1-5-4-7(10)6(2)8(11)9(5)12-3/h4,11H,1-3H3. The Morgan fingerprint density at radius 2 is 2.00 bits per heavy atom. The third kappa shape index (κ3) is 1.41. The Morgan fingerprint density at radius 3 is 2.50 bits per heavy atom. The molecule has 1 aromatic rings. The van der Waals surface area contributed by atoms with Crippen molar-refractivity contribution in [2.75, 3.05) is 7.11 Å². The van der Waals surface area contributed by atoms with Crippen LogP contribution in [0.1, 0.15) is 11.1 Å². The lowest BCUT2D eigenvalue weighted by Gasteiger charge is -2.10. The molecular formula is C9H11BrO2. The highest BCUT2D eigenvalue weighted by Crippen LogP contribution is 2.37. The summed E-state index contributed by atoms with van der Waals surface area (Å²) in [5.74, 6) is 0.764. The molecule has 1 N–H and O–H groups in total. The van der Waals surface area contributed by atoms with Crippen LogP contribution in [0.3, 0.4) is 0 Å². The van der Waals surface area contributed by atoms with Crippen LogP contribution >= 0.6 is 15.9 Å². The van der Waals surface area contributed by atoms with Crippen LogP contribution in [0.2, 0.25) is 0 Å². The zero-order valence-electron chi connectivity index (χ0n) is 7.31. The van der Waals surface area contributed by atoms with Crippen molar-refractivity contribution in [2.45, 2.75) is 13.8 Å². The van der Waals surface area contributed by atoms with Crippen LogP contribution in [0.5, 0.6) is 11.5 Å². The highest BCUT2D eigenvalue weighted by molar-refractivity contribution is 9.10. The molecule has 0 radical (unpaired) electrons. The predicted molar refractivity (Wildman–Crippen MR) is 51.8 cm³/mol. The van der Waals surface area contributed by atoms with Gasteiger partial charge >= 0.3 is 0 Å². The number of methoxy groups -OCH3 is 1. The summed E-state index contributed by atoms with van der Waals surface area (Å²) in [7, 11) is 1.55. The van der Waals surface area contributed by atoms with Crippen molar-refractivity contribution < 1.29 is 9.84 Å². The van der Waals surface area contributed by atoms with E-state index in [-0.39, 0.29) is 5.75 Å². The molecule has 0 aliphatic carbocycles. The summed E-state index contributed by atoms with van der Waals surface area (Å²) in [5, 5.41) is 9.60. The average Bonchev–Trinajstić information content (AvgIpc) is 2.01. The third-order valence-corrected chi connectivity index (χ3v) is 2.66. The second kappa shape index (κ2) is 3.35. The Hall–Kier alpha value is -0.700. The maximum Gasteiger partial charge on any atom is 0.163 e. The largest absolute Gasteiger partial charge is 0.504 e. The number of hydrogen-bond acceptors (Lipinski definition) is 2. The number of rotatable bonds is 1. The molecule has 0 aromatic heterocycles. The Morgan fingerprint density at radius 1 is 1.42 bits per heavy atom. The van der Waals surface area contributed by atoms with Gasteiger partial charge in [-0.3, -0.25) is 0 Å². The van der Waals surface area contributed by atoms with Crippen molar-refractivity contribution in [2.24, 2.45) is 0 Å². The predicted octanol–water partition coefficient (Wildman–Crippen LogP) is 2.78. The van der Waals surface area contributed by atoms with Crippen LogP contribution in [0, 0.1) is 13.8 Å². The van der Waals surface area contributed by atoms with Crippen LogP contribution in [0.4, 0.5) is 0 Å². The Balaban J connectivity index is 3.40. The van der Waals surface area contributed by atoms with Gasteiger partial charge in [0.2, 0.25) is 0 Å². The molecule has 0 aliphatic heterocycles. The highest BCUT2D eigenvalue weighted by Gasteiger charge is 2.10. The van der Waals surface area contributed by atoms with Gasteiger partial charge in [0, 0.05) is 10.0 Å². The van der Waals surface area contributed by atoms with E-state index in [2.05, 4.69) is 15.9 Å². The molecule has 0 spiro atoms. The third-order valence-electron chi connectivity index (χ3n) is 1.83. The molecule has 0 amide bonds. The number of phenolic OH excluding ortho intramolecular Hbond substituents is 1. The van der Waals surface area contributed by atoms with Gasteiger partial charge in [0.15, 0.2) is 11.5 Å². The zero-order valence-corrected chi connectivity index (χ0v) is 8.90. The number of ether oxygens (including phenoxy) is 1. The fourth-order valence-corrected chi connectivity index (χ4v) is 1.62. The van der Waals surface area contributed by atoms with Crippen molar-refractivity contribution in [3.05, 3.63) is 21.7 Å². The van der Waals surface area contributed by atoms with Crippen LogP contribution < -0.4 is 4.74 Å². The minimum Gasteiger partial charge on any atom is -0.504 e. The van der Waals surface area contributed by atoms with Gasteiger partial charge in [0.1, 0.15) is 0 Å². The molecule has 0 atom stereocenters. The summed E-state index contributed by atoms with van der Waals surface area (Å²) in [5.41, 5.74) is 1.73. The summed E-state index contributed by atoms with van der Waals surface area (Å²) < 4.78 is 5.94. The number of aryl methyl sites for hydroxylation is 1. The van der Waals surface area contributed by atoms with Gasteiger partial charge in [-0.2, -0.15) is 0 Å². The van der Waals surface area contributed by atoms with Gasteiger partial charge in [-0.1, -0.05) is 15.9 Å². The smallest absolute Gasteiger partial charge is 0.163 e. The summed E-state index contributed by atoms with van der Waals surface area (Å²) in [6.07, 6.45) is 0. The van der Waals surface area contributed by atoms with Crippen molar-refractivity contribution in [3.63, 3.8) is 0 Å². The van der Waals surface area contributed by atoms with Crippen LogP contribution in [-0.4, -0.2) is 12.2 Å².